The van der Waals surface area contributed by atoms with Crippen LogP contribution in [0.25, 0.3) is 0 Å². The molecule has 2 aromatic carbocycles. The lowest BCUT2D eigenvalue weighted by Gasteiger charge is -2.13. The molecule has 0 aliphatic rings. The summed E-state index contributed by atoms with van der Waals surface area (Å²) in [4.78, 5) is 23.7. The fourth-order valence-corrected chi connectivity index (χ4v) is 2.61. The molecule has 2 rings (SSSR count). The minimum Gasteiger partial charge on any atom is -0.495 e. The predicted octanol–water partition coefficient (Wildman–Crippen LogP) is 3.52. The molecule has 0 aliphatic carbocycles. The number of rotatable bonds is 8. The highest BCUT2D eigenvalue weighted by Gasteiger charge is 2.14. The normalized spacial score (nSPS) is 10.1. The standard InChI is InChI=1S/C18H17ClINO6/c1-24-15-8-16(25-2)14(7-13(15)19)21-17(22)9-27-18(23)10-26-12-5-3-11(20)4-6-12/h3-8H,9-10H2,1-2H3,(H,21,22). The number of benzene rings is 2. The van der Waals surface area contributed by atoms with Crippen LogP contribution in [-0.2, 0) is 14.3 Å². The van der Waals surface area contributed by atoms with Gasteiger partial charge >= 0.3 is 5.97 Å². The zero-order chi connectivity index (χ0) is 19.8. The lowest BCUT2D eigenvalue weighted by Crippen LogP contribution is -2.23. The Hall–Kier alpha value is -2.20. The largest absolute Gasteiger partial charge is 0.495 e. The molecule has 0 bridgehead atoms. The first kappa shape index (κ1) is 21.1. The molecule has 0 atom stereocenters. The lowest BCUT2D eigenvalue weighted by atomic mass is 10.2. The third kappa shape index (κ3) is 6.47. The summed E-state index contributed by atoms with van der Waals surface area (Å²) in [5, 5.41) is 2.87. The average molecular weight is 506 g/mol. The van der Waals surface area contributed by atoms with Crippen LogP contribution in [0.4, 0.5) is 5.69 Å². The number of anilines is 1. The number of nitrogens with one attached hydrogen (secondary N) is 1. The van der Waals surface area contributed by atoms with Crippen LogP contribution >= 0.6 is 34.2 Å². The number of amides is 1. The van der Waals surface area contributed by atoms with Gasteiger partial charge in [-0.2, -0.15) is 0 Å². The SMILES string of the molecule is COc1cc(OC)c(NC(=O)COC(=O)COc2ccc(I)cc2)cc1Cl. The highest BCUT2D eigenvalue weighted by atomic mass is 127. The van der Waals surface area contributed by atoms with Crippen molar-refractivity contribution in [1.82, 2.24) is 0 Å². The molecule has 0 saturated carbocycles. The Balaban J connectivity index is 1.84. The number of halogens is 2. The summed E-state index contributed by atoms with van der Waals surface area (Å²) >= 11 is 8.21. The second-order valence-electron chi connectivity index (χ2n) is 5.14. The van der Waals surface area contributed by atoms with E-state index in [2.05, 4.69) is 27.9 Å². The van der Waals surface area contributed by atoms with E-state index in [0.717, 1.165) is 3.57 Å². The summed E-state index contributed by atoms with van der Waals surface area (Å²) in [6.45, 7) is -0.771. The third-order valence-corrected chi connectivity index (χ3v) is 4.30. The van der Waals surface area contributed by atoms with E-state index in [1.807, 2.05) is 12.1 Å². The number of carbonyl (C=O) groups excluding carboxylic acids is 2. The molecule has 0 aromatic heterocycles. The van der Waals surface area contributed by atoms with Crippen LogP contribution < -0.4 is 19.5 Å². The lowest BCUT2D eigenvalue weighted by molar-refractivity contribution is -0.149. The van der Waals surface area contributed by atoms with E-state index < -0.39 is 18.5 Å². The van der Waals surface area contributed by atoms with Crippen LogP contribution in [0.1, 0.15) is 0 Å². The predicted molar refractivity (Wildman–Crippen MR) is 109 cm³/mol. The quantitative estimate of drug-likeness (QED) is 0.437. The van der Waals surface area contributed by atoms with Gasteiger partial charge < -0.3 is 24.3 Å². The van der Waals surface area contributed by atoms with E-state index in [4.69, 9.17) is 30.5 Å². The van der Waals surface area contributed by atoms with Gasteiger partial charge in [0, 0.05) is 9.64 Å². The molecule has 9 heteroatoms. The van der Waals surface area contributed by atoms with Crippen LogP contribution in [0.15, 0.2) is 36.4 Å². The van der Waals surface area contributed by atoms with Crippen molar-refractivity contribution in [2.45, 2.75) is 0 Å². The van der Waals surface area contributed by atoms with Crippen LogP contribution in [-0.4, -0.2) is 39.3 Å². The number of hydrogen-bond donors (Lipinski definition) is 1. The van der Waals surface area contributed by atoms with Gasteiger partial charge in [0.1, 0.15) is 17.2 Å². The Morgan fingerprint density at radius 2 is 1.70 bits per heavy atom. The van der Waals surface area contributed by atoms with E-state index in [1.54, 1.807) is 18.2 Å². The maximum Gasteiger partial charge on any atom is 0.344 e. The number of ether oxygens (including phenoxy) is 4. The first-order valence-corrected chi connectivity index (χ1v) is 9.14. The van der Waals surface area contributed by atoms with Gasteiger partial charge in [0.25, 0.3) is 5.91 Å². The first-order chi connectivity index (χ1) is 12.9. The minimum atomic E-state index is -0.663. The van der Waals surface area contributed by atoms with Crippen LogP contribution in [0.2, 0.25) is 5.02 Å². The Bertz CT molecular complexity index is 812. The summed E-state index contributed by atoms with van der Waals surface area (Å²) in [6.07, 6.45) is 0. The average Bonchev–Trinajstić information content (AvgIpc) is 2.66. The zero-order valence-electron chi connectivity index (χ0n) is 14.6. The van der Waals surface area contributed by atoms with Gasteiger partial charge in [-0.15, -0.1) is 0 Å². The van der Waals surface area contributed by atoms with Crippen molar-refractivity contribution in [3.05, 3.63) is 45.0 Å². The van der Waals surface area contributed by atoms with E-state index in [9.17, 15) is 9.59 Å². The van der Waals surface area contributed by atoms with Gasteiger partial charge in [-0.1, -0.05) is 11.6 Å². The fourth-order valence-electron chi connectivity index (χ4n) is 2.00. The van der Waals surface area contributed by atoms with E-state index in [-0.39, 0.29) is 6.61 Å². The van der Waals surface area contributed by atoms with Crippen molar-refractivity contribution in [2.24, 2.45) is 0 Å². The topological polar surface area (TPSA) is 83.1 Å². The van der Waals surface area contributed by atoms with Gasteiger partial charge in [-0.25, -0.2) is 4.79 Å². The molecule has 1 amide bonds. The zero-order valence-corrected chi connectivity index (χ0v) is 17.5. The van der Waals surface area contributed by atoms with Gasteiger partial charge in [-0.3, -0.25) is 4.79 Å². The van der Waals surface area contributed by atoms with Crippen molar-refractivity contribution in [3.8, 4) is 17.2 Å². The van der Waals surface area contributed by atoms with Gasteiger partial charge in [0.15, 0.2) is 13.2 Å². The van der Waals surface area contributed by atoms with Crippen LogP contribution in [0.5, 0.6) is 17.2 Å². The van der Waals surface area contributed by atoms with Crippen molar-refractivity contribution >= 4 is 51.8 Å². The van der Waals surface area contributed by atoms with Crippen LogP contribution in [0.3, 0.4) is 0 Å². The second-order valence-corrected chi connectivity index (χ2v) is 6.79. The molecule has 0 unspecified atom stereocenters. The molecule has 27 heavy (non-hydrogen) atoms. The number of carbonyl (C=O) groups is 2. The van der Waals surface area contributed by atoms with Crippen molar-refractivity contribution < 1.29 is 28.5 Å². The van der Waals surface area contributed by atoms with E-state index in [0.29, 0.717) is 28.0 Å². The highest BCUT2D eigenvalue weighted by Crippen LogP contribution is 2.35. The third-order valence-electron chi connectivity index (χ3n) is 3.28. The monoisotopic (exact) mass is 505 g/mol. The molecular formula is C18H17ClINO6. The Morgan fingerprint density at radius 3 is 2.33 bits per heavy atom. The molecule has 0 saturated heterocycles. The van der Waals surface area contributed by atoms with Crippen molar-refractivity contribution in [2.75, 3.05) is 32.8 Å². The number of hydrogen-bond acceptors (Lipinski definition) is 6. The first-order valence-electron chi connectivity index (χ1n) is 7.68. The summed E-state index contributed by atoms with van der Waals surface area (Å²) in [6, 6.07) is 10.2. The molecule has 144 valence electrons. The smallest absolute Gasteiger partial charge is 0.344 e. The minimum absolute atomic E-state index is 0.300. The highest BCUT2D eigenvalue weighted by molar-refractivity contribution is 14.1. The molecule has 1 N–H and O–H groups in total. The molecule has 0 fully saturated rings. The maximum atomic E-state index is 12.0. The molecule has 0 radical (unpaired) electrons. The summed E-state index contributed by atoms with van der Waals surface area (Å²) < 4.78 is 21.5. The second kappa shape index (κ2) is 10.2. The number of methoxy groups -OCH3 is 2. The van der Waals surface area contributed by atoms with E-state index >= 15 is 0 Å². The van der Waals surface area contributed by atoms with Gasteiger partial charge in [0.05, 0.1) is 24.9 Å². The maximum absolute atomic E-state index is 12.0. The molecule has 7 nitrogen and oxygen atoms in total. The Kier molecular flexibility index (Phi) is 7.99. The van der Waals surface area contributed by atoms with E-state index in [1.165, 1.54) is 20.3 Å². The fraction of sp³-hybridized carbons (Fsp3) is 0.222. The molecule has 2 aromatic rings. The summed E-state index contributed by atoms with van der Waals surface area (Å²) in [5.74, 6) is 0.0960. The van der Waals surface area contributed by atoms with Gasteiger partial charge in [-0.05, 0) is 52.9 Å². The Morgan fingerprint density at radius 1 is 1.04 bits per heavy atom. The summed E-state index contributed by atoms with van der Waals surface area (Å²) in [5.41, 5.74) is 0.333. The number of esters is 1. The molecule has 0 aliphatic heterocycles. The molecular weight excluding hydrogens is 489 g/mol. The Labute approximate surface area is 175 Å². The summed E-state index contributed by atoms with van der Waals surface area (Å²) in [7, 11) is 2.91. The van der Waals surface area contributed by atoms with Crippen LogP contribution in [0, 0.1) is 3.57 Å². The van der Waals surface area contributed by atoms with Crippen molar-refractivity contribution in [1.29, 1.82) is 0 Å². The van der Waals surface area contributed by atoms with Gasteiger partial charge in [0.2, 0.25) is 0 Å². The molecule has 0 spiro atoms. The van der Waals surface area contributed by atoms with Crippen molar-refractivity contribution in [3.63, 3.8) is 0 Å². The molecule has 0 heterocycles.